The number of thioether (sulfide) groups is 2. The van der Waals surface area contributed by atoms with E-state index in [9.17, 15) is 0 Å². The van der Waals surface area contributed by atoms with Crippen molar-refractivity contribution in [2.75, 3.05) is 31.0 Å². The maximum Gasteiger partial charge on any atom is 0.166 e. The third-order valence-corrected chi connectivity index (χ3v) is 8.21. The van der Waals surface area contributed by atoms with Gasteiger partial charge in [0.1, 0.15) is 0 Å². The van der Waals surface area contributed by atoms with Crippen molar-refractivity contribution >= 4 is 23.5 Å². The fourth-order valence-corrected chi connectivity index (χ4v) is 7.65. The number of fused-ring (bicyclic) bond motifs is 2. The molecule has 3 atom stereocenters. The number of hydrogen-bond acceptors (Lipinski definition) is 4. The summed E-state index contributed by atoms with van der Waals surface area (Å²) in [5.74, 6) is 3.20. The van der Waals surface area contributed by atoms with Crippen LogP contribution in [-0.4, -0.2) is 42.5 Å². The van der Waals surface area contributed by atoms with Crippen LogP contribution in [0, 0.1) is 16.7 Å². The lowest BCUT2D eigenvalue weighted by molar-refractivity contribution is -0.120. The van der Waals surface area contributed by atoms with Crippen LogP contribution in [0.4, 0.5) is 0 Å². The fourth-order valence-electron chi connectivity index (χ4n) is 4.54. The number of hydrogen-bond donors (Lipinski definition) is 0. The second-order valence-corrected chi connectivity index (χ2v) is 9.05. The summed E-state index contributed by atoms with van der Waals surface area (Å²) < 4.78 is 11.4. The maximum absolute atomic E-state index is 5.72. The zero-order valence-electron chi connectivity index (χ0n) is 14.3. The molecule has 21 heavy (non-hydrogen) atoms. The maximum atomic E-state index is 5.72. The van der Waals surface area contributed by atoms with Gasteiger partial charge >= 0.3 is 0 Å². The molecule has 0 N–H and O–H groups in total. The van der Waals surface area contributed by atoms with E-state index in [-0.39, 0.29) is 6.29 Å². The molecular formula is C17H32O2S2. The molecule has 4 heteroatoms. The largest absolute Gasteiger partial charge is 0.352 e. The standard InChI is InChI=1S/C17H32O2S2/c1-6-18-15(19-7-2)11-21-14-10-13-8-9-17(14,12-20-5)16(13,3)4/h13-15H,6-12H2,1-5H3/t13-,14-,17-/m1/s1. The van der Waals surface area contributed by atoms with E-state index in [2.05, 4.69) is 31.9 Å². The Labute approximate surface area is 139 Å². The van der Waals surface area contributed by atoms with Crippen LogP contribution < -0.4 is 0 Å². The normalized spacial score (nSPS) is 34.0. The summed E-state index contributed by atoms with van der Waals surface area (Å²) in [7, 11) is 0. The van der Waals surface area contributed by atoms with Gasteiger partial charge in [0.25, 0.3) is 0 Å². The smallest absolute Gasteiger partial charge is 0.166 e. The molecule has 2 nitrogen and oxygen atoms in total. The van der Waals surface area contributed by atoms with Crippen molar-refractivity contribution < 1.29 is 9.47 Å². The third kappa shape index (κ3) is 3.29. The van der Waals surface area contributed by atoms with Gasteiger partial charge in [-0.1, -0.05) is 13.8 Å². The molecule has 2 aliphatic rings. The molecule has 2 bridgehead atoms. The highest BCUT2D eigenvalue weighted by Crippen LogP contribution is 2.69. The van der Waals surface area contributed by atoms with Gasteiger partial charge in [0.15, 0.2) is 6.29 Å². The minimum Gasteiger partial charge on any atom is -0.352 e. The van der Waals surface area contributed by atoms with Crippen LogP contribution in [0.5, 0.6) is 0 Å². The lowest BCUT2D eigenvalue weighted by atomic mass is 9.70. The number of ether oxygens (including phenoxy) is 2. The van der Waals surface area contributed by atoms with Gasteiger partial charge in [-0.05, 0) is 56.1 Å². The summed E-state index contributed by atoms with van der Waals surface area (Å²) in [6.45, 7) is 10.6. The minimum atomic E-state index is -0.0291. The highest BCUT2D eigenvalue weighted by Gasteiger charge is 2.63. The van der Waals surface area contributed by atoms with Gasteiger partial charge in [-0.25, -0.2) is 0 Å². The predicted octanol–water partition coefficient (Wildman–Crippen LogP) is 4.68. The van der Waals surface area contributed by atoms with E-state index in [4.69, 9.17) is 9.47 Å². The highest BCUT2D eigenvalue weighted by molar-refractivity contribution is 8.00. The van der Waals surface area contributed by atoms with Crippen LogP contribution in [0.2, 0.25) is 0 Å². The first-order valence-electron chi connectivity index (χ1n) is 8.35. The van der Waals surface area contributed by atoms with E-state index >= 15 is 0 Å². The van der Waals surface area contributed by atoms with E-state index in [0.29, 0.717) is 10.8 Å². The second kappa shape index (κ2) is 7.46. The molecule has 2 rings (SSSR count). The minimum absolute atomic E-state index is 0.0291. The monoisotopic (exact) mass is 332 g/mol. The van der Waals surface area contributed by atoms with Crippen LogP contribution in [0.15, 0.2) is 0 Å². The fraction of sp³-hybridized carbons (Fsp3) is 1.00. The molecule has 124 valence electrons. The summed E-state index contributed by atoms with van der Waals surface area (Å²) in [4.78, 5) is 0. The van der Waals surface area contributed by atoms with E-state index < -0.39 is 0 Å². The average Bonchev–Trinajstić information content (AvgIpc) is 2.80. The van der Waals surface area contributed by atoms with E-state index in [1.807, 2.05) is 25.6 Å². The molecule has 0 heterocycles. The lowest BCUT2D eigenvalue weighted by Crippen LogP contribution is -2.40. The Balaban J connectivity index is 2.00. The molecule has 0 amide bonds. The zero-order chi connectivity index (χ0) is 15.5. The van der Waals surface area contributed by atoms with Crippen LogP contribution >= 0.6 is 23.5 Å². The van der Waals surface area contributed by atoms with Crippen LogP contribution in [0.3, 0.4) is 0 Å². The average molecular weight is 333 g/mol. The highest BCUT2D eigenvalue weighted by atomic mass is 32.2. The van der Waals surface area contributed by atoms with E-state index in [1.54, 1.807) is 0 Å². The topological polar surface area (TPSA) is 18.5 Å². The Kier molecular flexibility index (Phi) is 6.38. The summed E-state index contributed by atoms with van der Waals surface area (Å²) in [5.41, 5.74) is 1.02. The molecule has 0 spiro atoms. The summed E-state index contributed by atoms with van der Waals surface area (Å²) in [5, 5.41) is 0.780. The SMILES string of the molecule is CCOC(CS[C@@H]1C[C@H]2CC[C@]1(CSC)C2(C)C)OCC. The second-order valence-electron chi connectivity index (χ2n) is 6.94. The van der Waals surface area contributed by atoms with E-state index in [1.165, 1.54) is 25.0 Å². The van der Waals surface area contributed by atoms with Gasteiger partial charge in [0.05, 0.1) is 0 Å². The molecule has 2 fully saturated rings. The first-order chi connectivity index (χ1) is 10.0. The van der Waals surface area contributed by atoms with Crippen LogP contribution in [0.1, 0.15) is 47.0 Å². The quantitative estimate of drug-likeness (QED) is 0.571. The van der Waals surface area contributed by atoms with Crippen LogP contribution in [-0.2, 0) is 9.47 Å². The van der Waals surface area contributed by atoms with E-state index in [0.717, 1.165) is 30.1 Å². The molecule has 0 saturated heterocycles. The van der Waals surface area contributed by atoms with Gasteiger partial charge in [-0.2, -0.15) is 23.5 Å². The Morgan fingerprint density at radius 3 is 2.38 bits per heavy atom. The Hall–Kier alpha value is 0.620. The van der Waals surface area contributed by atoms with Gasteiger partial charge in [-0.15, -0.1) is 0 Å². The van der Waals surface area contributed by atoms with Crippen molar-refractivity contribution in [1.82, 2.24) is 0 Å². The molecule has 2 aliphatic carbocycles. The van der Waals surface area contributed by atoms with Crippen molar-refractivity contribution in [3.05, 3.63) is 0 Å². The van der Waals surface area contributed by atoms with Crippen molar-refractivity contribution in [3.63, 3.8) is 0 Å². The molecule has 2 saturated carbocycles. The molecule has 0 radical (unpaired) electrons. The lowest BCUT2D eigenvalue weighted by Gasteiger charge is -2.42. The summed E-state index contributed by atoms with van der Waals surface area (Å²) >= 11 is 4.15. The molecule has 0 aromatic carbocycles. The molecule has 0 aromatic rings. The van der Waals surface area contributed by atoms with Gasteiger partial charge < -0.3 is 9.47 Å². The molecule has 0 aromatic heterocycles. The first kappa shape index (κ1) is 18.0. The molecular weight excluding hydrogens is 300 g/mol. The van der Waals surface area contributed by atoms with Gasteiger partial charge in [-0.3, -0.25) is 0 Å². The van der Waals surface area contributed by atoms with Crippen LogP contribution in [0.25, 0.3) is 0 Å². The summed E-state index contributed by atoms with van der Waals surface area (Å²) in [6.07, 6.45) is 6.48. The third-order valence-electron chi connectivity index (χ3n) is 5.90. The Morgan fingerprint density at radius 2 is 1.86 bits per heavy atom. The van der Waals surface area contributed by atoms with Crippen molar-refractivity contribution in [2.24, 2.45) is 16.7 Å². The summed E-state index contributed by atoms with van der Waals surface area (Å²) in [6, 6.07) is 0. The molecule has 0 aliphatic heterocycles. The zero-order valence-corrected chi connectivity index (χ0v) is 15.9. The Bertz CT molecular complexity index is 329. The van der Waals surface area contributed by atoms with Crippen molar-refractivity contribution in [1.29, 1.82) is 0 Å². The first-order valence-corrected chi connectivity index (χ1v) is 10.8. The van der Waals surface area contributed by atoms with Crippen molar-refractivity contribution in [3.8, 4) is 0 Å². The van der Waals surface area contributed by atoms with Gasteiger partial charge in [0.2, 0.25) is 0 Å². The van der Waals surface area contributed by atoms with Crippen molar-refractivity contribution in [2.45, 2.75) is 58.5 Å². The Morgan fingerprint density at radius 1 is 1.19 bits per heavy atom. The number of rotatable bonds is 9. The predicted molar refractivity (Wildman–Crippen MR) is 95.2 cm³/mol. The molecule has 0 unspecified atom stereocenters. The van der Waals surface area contributed by atoms with Gasteiger partial charge in [0, 0.05) is 30.0 Å².